The molecule has 0 bridgehead atoms. The van der Waals surface area contributed by atoms with Crippen LogP contribution in [0, 0.1) is 5.92 Å². The lowest BCUT2D eigenvalue weighted by Crippen LogP contribution is -2.36. The van der Waals surface area contributed by atoms with E-state index in [1.807, 2.05) is 32.9 Å². The highest BCUT2D eigenvalue weighted by Gasteiger charge is 2.29. The molecule has 0 aliphatic heterocycles. The van der Waals surface area contributed by atoms with Crippen molar-refractivity contribution in [2.24, 2.45) is 5.92 Å². The van der Waals surface area contributed by atoms with Crippen LogP contribution in [-0.2, 0) is 6.42 Å². The van der Waals surface area contributed by atoms with Crippen LogP contribution >= 0.6 is 23.2 Å². The average molecular weight is 261 g/mol. The van der Waals surface area contributed by atoms with Gasteiger partial charge in [0.2, 0.25) is 0 Å². The first-order valence-corrected chi connectivity index (χ1v) is 6.31. The molecule has 0 amide bonds. The Hall–Kier alpha value is -0.240. The Morgan fingerprint density at radius 1 is 1.25 bits per heavy atom. The largest absolute Gasteiger partial charge is 0.389 e. The maximum atomic E-state index is 10.4. The van der Waals surface area contributed by atoms with Gasteiger partial charge in [0.15, 0.2) is 0 Å². The predicted molar refractivity (Wildman–Crippen MR) is 70.2 cm³/mol. The summed E-state index contributed by atoms with van der Waals surface area (Å²) in [6, 6.07) is 5.51. The highest BCUT2D eigenvalue weighted by Crippen LogP contribution is 2.29. The molecule has 0 saturated carbocycles. The van der Waals surface area contributed by atoms with Crippen LogP contribution in [0.1, 0.15) is 32.8 Å². The van der Waals surface area contributed by atoms with Crippen molar-refractivity contribution in [3.05, 3.63) is 33.8 Å². The molecule has 1 N–H and O–H groups in total. The summed E-state index contributed by atoms with van der Waals surface area (Å²) >= 11 is 11.8. The Morgan fingerprint density at radius 3 is 2.31 bits per heavy atom. The number of rotatable bonds is 4. The van der Waals surface area contributed by atoms with Crippen LogP contribution in [0.4, 0.5) is 0 Å². The molecule has 0 aliphatic rings. The molecular weight excluding hydrogens is 243 g/mol. The van der Waals surface area contributed by atoms with Gasteiger partial charge in [-0.15, -0.1) is 0 Å². The minimum Gasteiger partial charge on any atom is -0.389 e. The third-order valence-corrected chi connectivity index (χ3v) is 3.92. The molecule has 1 atom stereocenters. The molecule has 1 aromatic rings. The highest BCUT2D eigenvalue weighted by atomic mass is 35.5. The molecule has 0 aliphatic carbocycles. The van der Waals surface area contributed by atoms with Crippen LogP contribution in [0.15, 0.2) is 18.2 Å². The van der Waals surface area contributed by atoms with Crippen LogP contribution in [0.25, 0.3) is 0 Å². The molecule has 1 nitrogen and oxygen atoms in total. The van der Waals surface area contributed by atoms with Gasteiger partial charge in [-0.3, -0.25) is 0 Å². The maximum Gasteiger partial charge on any atom is 0.0708 e. The summed E-state index contributed by atoms with van der Waals surface area (Å²) in [6.45, 7) is 6.06. The number of aliphatic hydroxyl groups is 1. The molecule has 0 spiro atoms. The zero-order valence-electron chi connectivity index (χ0n) is 9.93. The van der Waals surface area contributed by atoms with Crippen molar-refractivity contribution in [3.8, 4) is 0 Å². The van der Waals surface area contributed by atoms with Gasteiger partial charge in [0.1, 0.15) is 0 Å². The fraction of sp³-hybridized carbons (Fsp3) is 0.538. The number of hydrogen-bond donors (Lipinski definition) is 1. The van der Waals surface area contributed by atoms with Gasteiger partial charge in [-0.25, -0.2) is 0 Å². The Bertz CT molecular complexity index is 363. The highest BCUT2D eigenvalue weighted by molar-refractivity contribution is 6.42. The van der Waals surface area contributed by atoms with E-state index in [0.29, 0.717) is 16.5 Å². The fourth-order valence-corrected chi connectivity index (χ4v) is 2.06. The SMILES string of the molecule is CCC(O)(Cc1ccc(Cl)c(Cl)c1)C(C)C. The first-order chi connectivity index (χ1) is 7.39. The summed E-state index contributed by atoms with van der Waals surface area (Å²) in [4.78, 5) is 0. The van der Waals surface area contributed by atoms with Crippen LogP contribution in [-0.4, -0.2) is 10.7 Å². The summed E-state index contributed by atoms with van der Waals surface area (Å²) in [6.07, 6.45) is 1.34. The lowest BCUT2D eigenvalue weighted by Gasteiger charge is -2.31. The minimum atomic E-state index is -0.669. The van der Waals surface area contributed by atoms with E-state index in [0.717, 1.165) is 12.0 Å². The second-order valence-corrected chi connectivity index (χ2v) is 5.35. The molecule has 1 aromatic carbocycles. The second-order valence-electron chi connectivity index (χ2n) is 4.54. The maximum absolute atomic E-state index is 10.4. The van der Waals surface area contributed by atoms with Crippen molar-refractivity contribution in [2.75, 3.05) is 0 Å². The van der Waals surface area contributed by atoms with Gasteiger partial charge in [-0.05, 0) is 30.0 Å². The molecule has 1 rings (SSSR count). The number of benzene rings is 1. The quantitative estimate of drug-likeness (QED) is 0.855. The van der Waals surface area contributed by atoms with E-state index in [4.69, 9.17) is 23.2 Å². The first kappa shape index (κ1) is 13.8. The van der Waals surface area contributed by atoms with Crippen LogP contribution in [0.3, 0.4) is 0 Å². The Balaban J connectivity index is 2.90. The van der Waals surface area contributed by atoms with E-state index < -0.39 is 5.60 Å². The van der Waals surface area contributed by atoms with Crippen molar-refractivity contribution >= 4 is 23.2 Å². The summed E-state index contributed by atoms with van der Waals surface area (Å²) < 4.78 is 0. The Kier molecular flexibility index (Phi) is 4.66. The van der Waals surface area contributed by atoms with Crippen molar-refractivity contribution in [3.63, 3.8) is 0 Å². The third-order valence-electron chi connectivity index (χ3n) is 3.18. The van der Waals surface area contributed by atoms with Gasteiger partial charge in [0, 0.05) is 6.42 Å². The molecule has 0 aromatic heterocycles. The summed E-state index contributed by atoms with van der Waals surface area (Å²) in [7, 11) is 0. The predicted octanol–water partition coefficient (Wildman–Crippen LogP) is 4.33. The zero-order valence-corrected chi connectivity index (χ0v) is 11.4. The molecule has 90 valence electrons. The van der Waals surface area contributed by atoms with E-state index in [9.17, 15) is 5.11 Å². The second kappa shape index (κ2) is 5.39. The van der Waals surface area contributed by atoms with Crippen molar-refractivity contribution in [1.82, 2.24) is 0 Å². The fourth-order valence-electron chi connectivity index (χ4n) is 1.74. The molecule has 3 heteroatoms. The zero-order chi connectivity index (χ0) is 12.3. The molecule has 0 fully saturated rings. The Labute approximate surface area is 107 Å². The third kappa shape index (κ3) is 3.13. The van der Waals surface area contributed by atoms with Crippen LogP contribution < -0.4 is 0 Å². The lowest BCUT2D eigenvalue weighted by molar-refractivity contribution is -0.00828. The van der Waals surface area contributed by atoms with Gasteiger partial charge >= 0.3 is 0 Å². The molecule has 1 unspecified atom stereocenters. The van der Waals surface area contributed by atoms with E-state index in [-0.39, 0.29) is 5.92 Å². The van der Waals surface area contributed by atoms with Gasteiger partial charge in [-0.1, -0.05) is 50.0 Å². The van der Waals surface area contributed by atoms with Crippen molar-refractivity contribution in [2.45, 2.75) is 39.2 Å². The lowest BCUT2D eigenvalue weighted by atomic mass is 9.82. The van der Waals surface area contributed by atoms with Gasteiger partial charge in [0.05, 0.1) is 15.6 Å². The van der Waals surface area contributed by atoms with Crippen molar-refractivity contribution in [1.29, 1.82) is 0 Å². The standard InChI is InChI=1S/C13H18Cl2O/c1-4-13(16,9(2)3)8-10-5-6-11(14)12(15)7-10/h5-7,9,16H,4,8H2,1-3H3. The summed E-state index contributed by atoms with van der Waals surface area (Å²) in [5.41, 5.74) is 0.351. The van der Waals surface area contributed by atoms with Gasteiger partial charge in [0.25, 0.3) is 0 Å². The van der Waals surface area contributed by atoms with E-state index in [1.165, 1.54) is 0 Å². The van der Waals surface area contributed by atoms with Gasteiger partial charge < -0.3 is 5.11 Å². The van der Waals surface area contributed by atoms with E-state index in [2.05, 4.69) is 0 Å². The number of hydrogen-bond acceptors (Lipinski definition) is 1. The minimum absolute atomic E-state index is 0.215. The molecule has 16 heavy (non-hydrogen) atoms. The molecule has 0 saturated heterocycles. The van der Waals surface area contributed by atoms with Crippen molar-refractivity contribution < 1.29 is 5.11 Å². The monoisotopic (exact) mass is 260 g/mol. The summed E-state index contributed by atoms with van der Waals surface area (Å²) in [5, 5.41) is 11.5. The topological polar surface area (TPSA) is 20.2 Å². The smallest absolute Gasteiger partial charge is 0.0708 e. The van der Waals surface area contributed by atoms with Crippen LogP contribution in [0.5, 0.6) is 0 Å². The summed E-state index contributed by atoms with van der Waals surface area (Å²) in [5.74, 6) is 0.215. The van der Waals surface area contributed by atoms with Gasteiger partial charge in [-0.2, -0.15) is 0 Å². The van der Waals surface area contributed by atoms with E-state index >= 15 is 0 Å². The first-order valence-electron chi connectivity index (χ1n) is 5.55. The number of halogens is 2. The Morgan fingerprint density at radius 2 is 1.88 bits per heavy atom. The molecule has 0 heterocycles. The van der Waals surface area contributed by atoms with Crippen LogP contribution in [0.2, 0.25) is 10.0 Å². The average Bonchev–Trinajstić information content (AvgIpc) is 2.23. The van der Waals surface area contributed by atoms with E-state index in [1.54, 1.807) is 6.07 Å². The normalized spacial score (nSPS) is 15.2. The molecular formula is C13H18Cl2O. The molecule has 0 radical (unpaired) electrons.